The van der Waals surface area contributed by atoms with Crippen molar-refractivity contribution in [2.45, 2.75) is 24.7 Å². The van der Waals surface area contributed by atoms with Crippen LogP contribution < -0.4 is 5.73 Å². The summed E-state index contributed by atoms with van der Waals surface area (Å²) in [5.74, 6) is 1.84. The molecule has 1 saturated heterocycles. The maximum absolute atomic E-state index is 14.0. The Morgan fingerprint density at radius 2 is 2.43 bits per heavy atom. The van der Waals surface area contributed by atoms with Gasteiger partial charge in [-0.1, -0.05) is 5.92 Å². The Balaban J connectivity index is 2.09. The smallest absolute Gasteiger partial charge is 0.226 e. The molecule has 0 radical (unpaired) electrons. The highest BCUT2D eigenvalue weighted by Gasteiger charge is 2.40. The molecular formula is C13H12ClFN4O2. The van der Waals surface area contributed by atoms with Crippen molar-refractivity contribution in [2.75, 3.05) is 12.3 Å². The van der Waals surface area contributed by atoms with E-state index in [1.807, 2.05) is 0 Å². The van der Waals surface area contributed by atoms with Gasteiger partial charge in [-0.15, -0.1) is 6.42 Å². The first-order valence-electron chi connectivity index (χ1n) is 6.25. The van der Waals surface area contributed by atoms with E-state index in [4.69, 9.17) is 28.5 Å². The maximum atomic E-state index is 14.0. The van der Waals surface area contributed by atoms with Gasteiger partial charge in [-0.3, -0.25) is 0 Å². The summed E-state index contributed by atoms with van der Waals surface area (Å²) in [7, 11) is 0. The highest BCUT2D eigenvalue weighted by atomic mass is 35.5. The third-order valence-electron chi connectivity index (χ3n) is 3.61. The fourth-order valence-electron chi connectivity index (χ4n) is 2.52. The highest BCUT2D eigenvalue weighted by Crippen LogP contribution is 2.38. The molecule has 2 aromatic rings. The second-order valence-electron chi connectivity index (χ2n) is 4.87. The molecule has 3 heterocycles. The van der Waals surface area contributed by atoms with Crippen LogP contribution in [0.2, 0.25) is 5.28 Å². The number of fused-ring (bicyclic) bond motifs is 1. The number of ether oxygens (including phenoxy) is 1. The average molecular weight is 311 g/mol. The van der Waals surface area contributed by atoms with Crippen LogP contribution in [0.4, 0.5) is 10.2 Å². The number of hydrogen-bond acceptors (Lipinski definition) is 5. The normalized spacial score (nSPS) is 25.3. The zero-order chi connectivity index (χ0) is 15.2. The van der Waals surface area contributed by atoms with Crippen molar-refractivity contribution >= 4 is 28.5 Å². The van der Waals surface area contributed by atoms with E-state index in [1.165, 1.54) is 10.8 Å². The second-order valence-corrected chi connectivity index (χ2v) is 5.21. The van der Waals surface area contributed by atoms with Gasteiger partial charge in [0.15, 0.2) is 17.1 Å². The molecule has 1 aliphatic heterocycles. The third kappa shape index (κ3) is 2.12. The monoisotopic (exact) mass is 310 g/mol. The van der Waals surface area contributed by atoms with Gasteiger partial charge in [-0.05, 0) is 24.4 Å². The number of terminal acetylenes is 1. The lowest BCUT2D eigenvalue weighted by atomic mass is 10.0. The minimum absolute atomic E-state index is 0.0374. The van der Waals surface area contributed by atoms with Crippen LogP contribution in [0.3, 0.4) is 0 Å². The molecule has 0 spiro atoms. The molecule has 0 aromatic carbocycles. The van der Waals surface area contributed by atoms with Gasteiger partial charge in [-0.25, -0.2) is 9.37 Å². The van der Waals surface area contributed by atoms with Gasteiger partial charge in [-0.2, -0.15) is 4.98 Å². The molecular weight excluding hydrogens is 299 g/mol. The molecule has 0 saturated carbocycles. The zero-order valence-corrected chi connectivity index (χ0v) is 11.6. The van der Waals surface area contributed by atoms with Crippen LogP contribution in [0.5, 0.6) is 0 Å². The molecule has 6 nitrogen and oxygen atoms in total. The van der Waals surface area contributed by atoms with Crippen LogP contribution in [-0.2, 0) is 4.74 Å². The van der Waals surface area contributed by atoms with E-state index in [2.05, 4.69) is 15.9 Å². The first-order valence-corrected chi connectivity index (χ1v) is 6.63. The van der Waals surface area contributed by atoms with E-state index in [0.717, 1.165) is 0 Å². The Labute approximate surface area is 124 Å². The van der Waals surface area contributed by atoms with Crippen molar-refractivity contribution in [2.24, 2.45) is 0 Å². The minimum atomic E-state index is -1.06. The fraction of sp³-hybridized carbons (Fsp3) is 0.385. The molecule has 3 rings (SSSR count). The third-order valence-corrected chi connectivity index (χ3v) is 3.78. The van der Waals surface area contributed by atoms with E-state index < -0.39 is 17.6 Å². The summed E-state index contributed by atoms with van der Waals surface area (Å²) in [6.45, 7) is -0.306. The van der Waals surface area contributed by atoms with E-state index in [0.29, 0.717) is 12.8 Å². The molecule has 1 fully saturated rings. The summed E-state index contributed by atoms with van der Waals surface area (Å²) >= 11 is 5.77. The summed E-state index contributed by atoms with van der Waals surface area (Å²) in [4.78, 5) is 7.73. The molecule has 2 aromatic heterocycles. The summed E-state index contributed by atoms with van der Waals surface area (Å²) in [5.41, 5.74) is 4.85. The SMILES string of the molecule is C#C[C@@]1(CO)CCC(n2cc(F)c3c(N)nc(Cl)nc32)O1. The van der Waals surface area contributed by atoms with Crippen LogP contribution in [0.15, 0.2) is 6.20 Å². The summed E-state index contributed by atoms with van der Waals surface area (Å²) < 4.78 is 21.2. The maximum Gasteiger partial charge on any atom is 0.226 e. The van der Waals surface area contributed by atoms with E-state index in [9.17, 15) is 9.50 Å². The largest absolute Gasteiger partial charge is 0.392 e. The second kappa shape index (κ2) is 4.84. The number of nitrogens with zero attached hydrogens (tertiary/aromatic N) is 3. The molecule has 2 atom stereocenters. The lowest BCUT2D eigenvalue weighted by molar-refractivity contribution is -0.0617. The van der Waals surface area contributed by atoms with Gasteiger partial charge < -0.3 is 20.1 Å². The van der Waals surface area contributed by atoms with Crippen LogP contribution in [0.1, 0.15) is 19.1 Å². The lowest BCUT2D eigenvalue weighted by Crippen LogP contribution is -2.31. The van der Waals surface area contributed by atoms with Gasteiger partial charge in [0.2, 0.25) is 5.28 Å². The van der Waals surface area contributed by atoms with E-state index in [-0.39, 0.29) is 28.7 Å². The number of aliphatic hydroxyl groups excluding tert-OH is 1. The summed E-state index contributed by atoms with van der Waals surface area (Å²) in [5, 5.41) is 9.38. The highest BCUT2D eigenvalue weighted by molar-refractivity contribution is 6.28. The molecule has 8 heteroatoms. The number of nitrogen functional groups attached to an aromatic ring is 1. The molecule has 110 valence electrons. The molecule has 3 N–H and O–H groups in total. The van der Waals surface area contributed by atoms with Crippen molar-refractivity contribution in [3.05, 3.63) is 17.3 Å². The number of aliphatic hydroxyl groups is 1. The van der Waals surface area contributed by atoms with Gasteiger partial charge >= 0.3 is 0 Å². The zero-order valence-electron chi connectivity index (χ0n) is 10.9. The lowest BCUT2D eigenvalue weighted by Gasteiger charge is -2.21. The van der Waals surface area contributed by atoms with Crippen LogP contribution in [0.25, 0.3) is 11.0 Å². The first kappa shape index (κ1) is 14.1. The Bertz CT molecular complexity index is 757. The average Bonchev–Trinajstić information content (AvgIpc) is 3.01. The quantitative estimate of drug-likeness (QED) is 0.648. The minimum Gasteiger partial charge on any atom is -0.392 e. The van der Waals surface area contributed by atoms with Gasteiger partial charge in [0.1, 0.15) is 12.0 Å². The van der Waals surface area contributed by atoms with E-state index >= 15 is 0 Å². The molecule has 1 unspecified atom stereocenters. The Morgan fingerprint density at radius 3 is 3.05 bits per heavy atom. The number of anilines is 1. The Morgan fingerprint density at radius 1 is 1.67 bits per heavy atom. The molecule has 0 bridgehead atoms. The van der Waals surface area contributed by atoms with Crippen LogP contribution in [0, 0.1) is 18.2 Å². The number of nitrogens with two attached hydrogens (primary N) is 1. The van der Waals surface area contributed by atoms with E-state index in [1.54, 1.807) is 0 Å². The predicted molar refractivity (Wildman–Crippen MR) is 74.9 cm³/mol. The van der Waals surface area contributed by atoms with Crippen molar-refractivity contribution < 1.29 is 14.2 Å². The Hall–Kier alpha value is -1.88. The number of aromatic nitrogens is 3. The van der Waals surface area contributed by atoms with Crippen molar-refractivity contribution in [1.29, 1.82) is 0 Å². The van der Waals surface area contributed by atoms with Crippen molar-refractivity contribution in [3.8, 4) is 12.3 Å². The predicted octanol–water partition coefficient (Wildman–Crippen LogP) is 1.48. The topological polar surface area (TPSA) is 86.2 Å². The van der Waals surface area contributed by atoms with Gasteiger partial charge in [0.05, 0.1) is 12.0 Å². The van der Waals surface area contributed by atoms with Crippen molar-refractivity contribution in [3.63, 3.8) is 0 Å². The molecule has 1 aliphatic rings. The molecule has 0 aliphatic carbocycles. The van der Waals surface area contributed by atoms with Gasteiger partial charge in [0, 0.05) is 6.20 Å². The molecule has 21 heavy (non-hydrogen) atoms. The standard InChI is InChI=1S/C13H12ClFN4O2/c1-2-13(6-20)4-3-8(21-13)19-5-7(15)9-10(16)17-12(14)18-11(9)19/h1,5,8,20H,3-4,6H2,(H2,16,17,18)/t8?,13-/m0/s1. The number of halogens is 2. The molecule has 0 amide bonds. The fourth-order valence-corrected chi connectivity index (χ4v) is 2.69. The number of hydrogen-bond donors (Lipinski definition) is 2. The van der Waals surface area contributed by atoms with Crippen LogP contribution in [-0.4, -0.2) is 31.8 Å². The van der Waals surface area contributed by atoms with Crippen LogP contribution >= 0.6 is 11.6 Å². The van der Waals surface area contributed by atoms with Gasteiger partial charge in [0.25, 0.3) is 0 Å². The Kier molecular flexibility index (Phi) is 3.24. The summed E-state index contributed by atoms with van der Waals surface area (Å²) in [6, 6.07) is 0. The number of rotatable bonds is 2. The first-order chi connectivity index (χ1) is 9.99. The summed E-state index contributed by atoms with van der Waals surface area (Å²) in [6.07, 6.45) is 7.04. The van der Waals surface area contributed by atoms with Crippen molar-refractivity contribution in [1.82, 2.24) is 14.5 Å².